The summed E-state index contributed by atoms with van der Waals surface area (Å²) < 4.78 is 1.11. The molecule has 0 spiro atoms. The van der Waals surface area contributed by atoms with Crippen LogP contribution in [0, 0.1) is 0 Å². The van der Waals surface area contributed by atoms with Crippen LogP contribution >= 0.6 is 0 Å². The first-order valence-electron chi connectivity index (χ1n) is 4.47. The molecule has 0 atom stereocenters. The van der Waals surface area contributed by atoms with E-state index in [0.717, 1.165) is 4.52 Å². The molecule has 78 valence electrons. The second-order valence-electron chi connectivity index (χ2n) is 3.05. The minimum atomic E-state index is -1.24. The van der Waals surface area contributed by atoms with E-state index < -0.39 is 11.5 Å². The molecule has 0 unspecified atom stereocenters. The predicted molar refractivity (Wildman–Crippen MR) is 52.2 cm³/mol. The highest BCUT2D eigenvalue weighted by Crippen LogP contribution is 2.04. The fourth-order valence-electron chi connectivity index (χ4n) is 1.48. The van der Waals surface area contributed by atoms with E-state index in [1.165, 1.54) is 6.20 Å². The molecule has 2 aromatic rings. The van der Waals surface area contributed by atoms with Crippen LogP contribution in [-0.4, -0.2) is 25.7 Å². The molecule has 2 heterocycles. The van der Waals surface area contributed by atoms with Gasteiger partial charge in [0, 0.05) is 12.3 Å². The van der Waals surface area contributed by atoms with Gasteiger partial charge in [0.25, 0.3) is 5.56 Å². The number of aryl methyl sites for hydroxylation is 1. The van der Waals surface area contributed by atoms with Crippen molar-refractivity contribution in [3.8, 4) is 0 Å². The van der Waals surface area contributed by atoms with Crippen LogP contribution in [0.1, 0.15) is 23.0 Å². The van der Waals surface area contributed by atoms with E-state index in [0.29, 0.717) is 17.8 Å². The van der Waals surface area contributed by atoms with Crippen molar-refractivity contribution in [3.05, 3.63) is 33.9 Å². The van der Waals surface area contributed by atoms with Gasteiger partial charge in [-0.15, -0.1) is 0 Å². The van der Waals surface area contributed by atoms with Gasteiger partial charge in [-0.3, -0.25) is 9.89 Å². The third-order valence-electron chi connectivity index (χ3n) is 2.17. The van der Waals surface area contributed by atoms with Crippen LogP contribution < -0.4 is 5.56 Å². The monoisotopic (exact) mass is 207 g/mol. The fraction of sp³-hybridized carbons (Fsp3) is 0.222. The number of carbonyl (C=O) groups is 1. The maximum absolute atomic E-state index is 11.7. The zero-order chi connectivity index (χ0) is 11.0. The lowest BCUT2D eigenvalue weighted by Crippen LogP contribution is -2.25. The molecule has 6 nitrogen and oxygen atoms in total. The molecule has 0 aliphatic rings. The molecule has 15 heavy (non-hydrogen) atoms. The Morgan fingerprint density at radius 1 is 1.67 bits per heavy atom. The van der Waals surface area contributed by atoms with Crippen molar-refractivity contribution in [1.82, 2.24) is 14.6 Å². The molecule has 0 radical (unpaired) electrons. The number of rotatable bonds is 2. The molecule has 0 saturated carbocycles. The molecule has 2 N–H and O–H groups in total. The summed E-state index contributed by atoms with van der Waals surface area (Å²) in [6.45, 7) is 1.76. The van der Waals surface area contributed by atoms with Crippen LogP contribution in [0.3, 0.4) is 0 Å². The van der Waals surface area contributed by atoms with Gasteiger partial charge in [-0.25, -0.2) is 14.3 Å². The highest BCUT2D eigenvalue weighted by Gasteiger charge is 2.17. The lowest BCUT2D eigenvalue weighted by molar-refractivity contribution is 0.0693. The Hall–Kier alpha value is -2.11. The van der Waals surface area contributed by atoms with Crippen molar-refractivity contribution in [2.24, 2.45) is 0 Å². The van der Waals surface area contributed by atoms with Crippen LogP contribution in [0.15, 0.2) is 17.1 Å². The van der Waals surface area contributed by atoms with Crippen molar-refractivity contribution < 1.29 is 9.90 Å². The Morgan fingerprint density at radius 3 is 3.00 bits per heavy atom. The third-order valence-corrected chi connectivity index (χ3v) is 2.17. The fourth-order valence-corrected chi connectivity index (χ4v) is 1.48. The molecule has 0 saturated heterocycles. The highest BCUT2D eigenvalue weighted by molar-refractivity contribution is 5.88. The molecule has 0 amide bonds. The summed E-state index contributed by atoms with van der Waals surface area (Å²) in [4.78, 5) is 26.7. The van der Waals surface area contributed by atoms with E-state index in [-0.39, 0.29) is 5.56 Å². The van der Waals surface area contributed by atoms with Gasteiger partial charge in [-0.05, 0) is 6.42 Å². The van der Waals surface area contributed by atoms with Crippen LogP contribution in [0.25, 0.3) is 5.65 Å². The summed E-state index contributed by atoms with van der Waals surface area (Å²) in [5, 5.41) is 11.5. The molecule has 0 fully saturated rings. The summed E-state index contributed by atoms with van der Waals surface area (Å²) in [7, 11) is 0. The number of aromatic carboxylic acids is 1. The number of nitrogens with one attached hydrogen (secondary N) is 1. The zero-order valence-corrected chi connectivity index (χ0v) is 8.02. The van der Waals surface area contributed by atoms with Gasteiger partial charge in [-0.1, -0.05) is 6.92 Å². The SMILES string of the molecule is CCc1nc2cc[nH]n2c(=O)c1C(=O)O. The van der Waals surface area contributed by atoms with E-state index in [9.17, 15) is 9.59 Å². The smallest absolute Gasteiger partial charge is 0.343 e. The maximum atomic E-state index is 11.7. The molecule has 2 rings (SSSR count). The van der Waals surface area contributed by atoms with Gasteiger partial charge in [-0.2, -0.15) is 0 Å². The van der Waals surface area contributed by atoms with Gasteiger partial charge in [0.1, 0.15) is 5.56 Å². The quantitative estimate of drug-likeness (QED) is 0.740. The molecule has 6 heteroatoms. The Kier molecular flexibility index (Phi) is 2.03. The first kappa shape index (κ1) is 9.45. The number of aromatic nitrogens is 3. The van der Waals surface area contributed by atoms with Crippen molar-refractivity contribution in [1.29, 1.82) is 0 Å². The van der Waals surface area contributed by atoms with E-state index in [1.54, 1.807) is 13.0 Å². The van der Waals surface area contributed by atoms with Gasteiger partial charge < -0.3 is 5.11 Å². The van der Waals surface area contributed by atoms with E-state index in [1.807, 2.05) is 0 Å². The number of fused-ring (bicyclic) bond motifs is 1. The number of carboxylic acids is 1. The first-order valence-corrected chi connectivity index (χ1v) is 4.47. The molecule has 0 aliphatic heterocycles. The van der Waals surface area contributed by atoms with Crippen LogP contribution in [0.4, 0.5) is 0 Å². The van der Waals surface area contributed by atoms with E-state index >= 15 is 0 Å². The number of aromatic amines is 1. The first-order chi connectivity index (χ1) is 7.15. The van der Waals surface area contributed by atoms with Gasteiger partial charge in [0.15, 0.2) is 5.65 Å². The molecule has 0 aromatic carbocycles. The Balaban J connectivity index is 2.92. The standard InChI is InChI=1S/C9H9N3O3/c1-2-5-7(9(14)15)8(13)12-6(11-5)3-4-10-12/h3-4,10H,2H2,1H3,(H,14,15). The molecular formula is C9H9N3O3. The van der Waals surface area contributed by atoms with E-state index in [2.05, 4.69) is 10.1 Å². The normalized spacial score (nSPS) is 10.7. The Bertz CT molecular complexity index is 582. The molecule has 2 aromatic heterocycles. The number of hydrogen-bond acceptors (Lipinski definition) is 3. The van der Waals surface area contributed by atoms with Crippen LogP contribution in [0.2, 0.25) is 0 Å². The third kappa shape index (κ3) is 1.30. The average Bonchev–Trinajstić information content (AvgIpc) is 2.64. The summed E-state index contributed by atoms with van der Waals surface area (Å²) in [6, 6.07) is 1.62. The van der Waals surface area contributed by atoms with Crippen LogP contribution in [-0.2, 0) is 6.42 Å². The highest BCUT2D eigenvalue weighted by atomic mass is 16.4. The second-order valence-corrected chi connectivity index (χ2v) is 3.05. The summed E-state index contributed by atoms with van der Waals surface area (Å²) in [5.74, 6) is -1.24. The van der Waals surface area contributed by atoms with Gasteiger partial charge in [0.05, 0.1) is 5.69 Å². The predicted octanol–water partition coefficient (Wildman–Crippen LogP) is 0.283. The van der Waals surface area contributed by atoms with Crippen molar-refractivity contribution in [2.75, 3.05) is 0 Å². The molecule has 0 bridgehead atoms. The molecule has 0 aliphatic carbocycles. The minimum Gasteiger partial charge on any atom is -0.477 e. The Morgan fingerprint density at radius 2 is 2.40 bits per heavy atom. The summed E-state index contributed by atoms with van der Waals surface area (Å²) in [5.41, 5.74) is -0.0965. The van der Waals surface area contributed by atoms with Gasteiger partial charge in [0.2, 0.25) is 0 Å². The maximum Gasteiger partial charge on any atom is 0.343 e. The minimum absolute atomic E-state index is 0.266. The number of hydrogen-bond donors (Lipinski definition) is 2. The number of nitrogens with zero attached hydrogens (tertiary/aromatic N) is 2. The lowest BCUT2D eigenvalue weighted by Gasteiger charge is -2.02. The topological polar surface area (TPSA) is 87.5 Å². The number of carboxylic acid groups (broad SMARTS) is 1. The van der Waals surface area contributed by atoms with Crippen molar-refractivity contribution in [3.63, 3.8) is 0 Å². The zero-order valence-electron chi connectivity index (χ0n) is 8.02. The summed E-state index contributed by atoms with van der Waals surface area (Å²) in [6.07, 6.45) is 1.95. The average molecular weight is 207 g/mol. The number of H-pyrrole nitrogens is 1. The van der Waals surface area contributed by atoms with Crippen molar-refractivity contribution in [2.45, 2.75) is 13.3 Å². The Labute approximate surface area is 84.2 Å². The van der Waals surface area contributed by atoms with E-state index in [4.69, 9.17) is 5.11 Å². The largest absolute Gasteiger partial charge is 0.477 e. The van der Waals surface area contributed by atoms with Crippen LogP contribution in [0.5, 0.6) is 0 Å². The lowest BCUT2D eigenvalue weighted by atomic mass is 10.2. The second kappa shape index (κ2) is 3.23. The van der Waals surface area contributed by atoms with Gasteiger partial charge >= 0.3 is 5.97 Å². The molecular weight excluding hydrogens is 198 g/mol. The summed E-state index contributed by atoms with van der Waals surface area (Å²) >= 11 is 0. The van der Waals surface area contributed by atoms with Crippen molar-refractivity contribution >= 4 is 11.6 Å².